The fourth-order valence-electron chi connectivity index (χ4n) is 6.81. The molecule has 5 N–H and O–H groups in total. The molecule has 340 valence electrons. The zero-order valence-electron chi connectivity index (χ0n) is 35.6. The van der Waals surface area contributed by atoms with Crippen LogP contribution in [-0.4, -0.2) is 85.6 Å². The number of ether oxygens (including phenoxy) is 2. The lowest BCUT2D eigenvalue weighted by Gasteiger charge is -2.30. The Labute approximate surface area is 351 Å². The first-order valence-electron chi connectivity index (χ1n) is 20.0. The topological polar surface area (TPSA) is 164 Å². The monoisotopic (exact) mass is 874 g/mol. The Kier molecular flexibility index (Phi) is 17.7. The number of carbonyl (C=O) groups excluding carboxylic acids is 4. The van der Waals surface area contributed by atoms with Gasteiger partial charge >= 0.3 is 24.4 Å². The van der Waals surface area contributed by atoms with Gasteiger partial charge in [0.1, 0.15) is 17.5 Å². The van der Waals surface area contributed by atoms with Crippen LogP contribution in [0.5, 0.6) is 0 Å². The molecule has 1 aliphatic rings. The largest absolute Gasteiger partial charge is 0.444 e. The van der Waals surface area contributed by atoms with E-state index in [4.69, 9.17) is 15.2 Å². The predicted octanol–water partition coefficient (Wildman–Crippen LogP) is 7.30. The van der Waals surface area contributed by atoms with Crippen LogP contribution in [0.1, 0.15) is 90.8 Å². The van der Waals surface area contributed by atoms with Crippen molar-refractivity contribution in [1.82, 2.24) is 16.0 Å². The van der Waals surface area contributed by atoms with Crippen LogP contribution in [0.2, 0.25) is 0 Å². The molecule has 2 aromatic carbocycles. The number of nitrogens with two attached hydrogens (primary N) is 1. The summed E-state index contributed by atoms with van der Waals surface area (Å²) in [6.07, 6.45) is -16.5. The predicted molar refractivity (Wildman–Crippen MR) is 215 cm³/mol. The number of halogens is 7. The molecule has 1 heterocycles. The molecule has 0 aliphatic carbocycles. The number of benzene rings is 2. The lowest BCUT2D eigenvalue weighted by Crippen LogP contribution is -2.53. The summed E-state index contributed by atoms with van der Waals surface area (Å²) < 4.78 is 106. The molecular weight excluding hydrogens is 817 g/mol. The van der Waals surface area contributed by atoms with Crippen molar-refractivity contribution in [2.45, 2.75) is 117 Å². The number of benzodiazepines with no additional fused rings is 1. The van der Waals surface area contributed by atoms with E-state index in [1.807, 2.05) is 13.8 Å². The van der Waals surface area contributed by atoms with Gasteiger partial charge in [0.2, 0.25) is 5.91 Å². The molecule has 0 spiro atoms. The smallest absolute Gasteiger partial charge is 0.407 e. The molecule has 5 atom stereocenters. The summed E-state index contributed by atoms with van der Waals surface area (Å²) in [5, 5.41) is 8.70. The summed E-state index contributed by atoms with van der Waals surface area (Å²) in [4.78, 5) is 59.1. The number of para-hydroxylation sites is 1. The van der Waals surface area contributed by atoms with Crippen LogP contribution in [0.3, 0.4) is 0 Å². The highest BCUT2D eigenvalue weighted by Crippen LogP contribution is 2.34. The van der Waals surface area contributed by atoms with Gasteiger partial charge in [-0.05, 0) is 76.0 Å². The number of alkyl halides is 6. The van der Waals surface area contributed by atoms with Gasteiger partial charge in [-0.25, -0.2) is 9.18 Å². The van der Waals surface area contributed by atoms with Crippen molar-refractivity contribution in [3.63, 3.8) is 0 Å². The molecule has 1 unspecified atom stereocenters. The number of hydrogen-bond donors (Lipinski definition) is 4. The van der Waals surface area contributed by atoms with Crippen molar-refractivity contribution in [2.24, 2.45) is 34.4 Å². The number of nitrogens with zero attached hydrogens (tertiary/aromatic N) is 2. The third kappa shape index (κ3) is 15.9. The summed E-state index contributed by atoms with van der Waals surface area (Å²) in [7, 11) is 0. The lowest BCUT2D eigenvalue weighted by molar-refractivity contribution is -0.148. The van der Waals surface area contributed by atoms with Crippen LogP contribution in [0.15, 0.2) is 47.5 Å². The Hall–Kier alpha value is -4.78. The normalized spacial score (nSPS) is 16.9. The van der Waals surface area contributed by atoms with Crippen molar-refractivity contribution in [3.05, 3.63) is 65.0 Å². The molecule has 3 amide bonds. The van der Waals surface area contributed by atoms with Crippen molar-refractivity contribution in [2.75, 3.05) is 24.7 Å². The van der Waals surface area contributed by atoms with Crippen LogP contribution in [0, 0.1) is 36.4 Å². The number of carbonyl (C=O) groups is 4. The highest BCUT2D eigenvalue weighted by Gasteiger charge is 2.39. The minimum absolute atomic E-state index is 0.0622. The number of alkyl carbamates (subject to hydrolysis) is 1. The van der Waals surface area contributed by atoms with Crippen molar-refractivity contribution in [3.8, 4) is 0 Å². The van der Waals surface area contributed by atoms with Crippen molar-refractivity contribution < 1.29 is 59.4 Å². The van der Waals surface area contributed by atoms with Gasteiger partial charge in [0.05, 0.1) is 11.4 Å². The Bertz CT molecular complexity index is 1860. The Balaban J connectivity index is 2.02. The molecule has 0 aromatic heterocycles. The number of anilines is 1. The van der Waals surface area contributed by atoms with Gasteiger partial charge in [-0.2, -0.15) is 26.3 Å². The van der Waals surface area contributed by atoms with Gasteiger partial charge in [-0.1, -0.05) is 58.0 Å². The van der Waals surface area contributed by atoms with Gasteiger partial charge in [0.15, 0.2) is 12.9 Å². The molecular formula is C42H57F7N6O6. The van der Waals surface area contributed by atoms with E-state index in [-0.39, 0.29) is 35.3 Å². The zero-order valence-corrected chi connectivity index (χ0v) is 35.6. The third-order valence-electron chi connectivity index (χ3n) is 9.99. The van der Waals surface area contributed by atoms with Crippen molar-refractivity contribution >= 4 is 35.3 Å². The van der Waals surface area contributed by atoms with Crippen molar-refractivity contribution in [1.29, 1.82) is 0 Å². The van der Waals surface area contributed by atoms with E-state index >= 15 is 0 Å². The number of amides is 3. The van der Waals surface area contributed by atoms with E-state index in [1.54, 1.807) is 59.7 Å². The number of rotatable bonds is 19. The number of esters is 1. The summed E-state index contributed by atoms with van der Waals surface area (Å²) in [5.74, 6) is -7.13. The minimum Gasteiger partial charge on any atom is -0.444 e. The van der Waals surface area contributed by atoms with Crippen LogP contribution >= 0.6 is 0 Å². The molecule has 3 rings (SSSR count). The van der Waals surface area contributed by atoms with Crippen LogP contribution in [-0.2, 0) is 23.9 Å². The molecule has 0 bridgehead atoms. The molecule has 0 saturated carbocycles. The van der Waals surface area contributed by atoms with E-state index in [1.165, 1.54) is 18.2 Å². The maximum atomic E-state index is 14.7. The third-order valence-corrected chi connectivity index (χ3v) is 9.99. The Morgan fingerprint density at radius 2 is 1.52 bits per heavy atom. The molecule has 0 fully saturated rings. The second kappa shape index (κ2) is 21.3. The van der Waals surface area contributed by atoms with Gasteiger partial charge < -0.3 is 25.8 Å². The first-order chi connectivity index (χ1) is 28.2. The fraction of sp³-hybridized carbons (Fsp3) is 0.595. The van der Waals surface area contributed by atoms with Gasteiger partial charge in [-0.3, -0.25) is 29.6 Å². The van der Waals surface area contributed by atoms with Gasteiger partial charge in [0, 0.05) is 49.0 Å². The quantitative estimate of drug-likeness (QED) is 0.0844. The molecule has 19 heteroatoms. The molecule has 1 aliphatic heterocycles. The van der Waals surface area contributed by atoms with Crippen LogP contribution in [0.4, 0.5) is 41.2 Å². The van der Waals surface area contributed by atoms with E-state index in [9.17, 15) is 49.9 Å². The first kappa shape index (κ1) is 50.6. The van der Waals surface area contributed by atoms with E-state index in [2.05, 4.69) is 20.9 Å². The molecule has 0 radical (unpaired) electrons. The average Bonchev–Trinajstić information content (AvgIpc) is 3.23. The molecule has 61 heavy (non-hydrogen) atoms. The second-order valence-corrected chi connectivity index (χ2v) is 16.8. The summed E-state index contributed by atoms with van der Waals surface area (Å²) in [6, 6.07) is 8.70. The zero-order chi connectivity index (χ0) is 46.0. The number of aryl methyl sites for hydroxylation is 1. The maximum absolute atomic E-state index is 14.7. The fourth-order valence-corrected chi connectivity index (χ4v) is 6.81. The number of fused-ring (bicyclic) bond motifs is 1. The number of primary amides is 1. The van der Waals surface area contributed by atoms with E-state index in [0.717, 1.165) is 11.0 Å². The summed E-state index contributed by atoms with van der Waals surface area (Å²) >= 11 is 0. The summed E-state index contributed by atoms with van der Waals surface area (Å²) in [6.45, 7) is 12.9. The average molecular weight is 875 g/mol. The van der Waals surface area contributed by atoms with Gasteiger partial charge in [-0.15, -0.1) is 0 Å². The second-order valence-electron chi connectivity index (χ2n) is 16.8. The lowest BCUT2D eigenvalue weighted by atomic mass is 9.84. The Morgan fingerprint density at radius 3 is 2.08 bits per heavy atom. The SMILES string of the molecule is Cc1cccc2c1N(COC(=O)C(NC[C@H](NC(=O)OC(C)(C)C)C(C)C)C(C)C)C(=O)[C@@H](NC[C@H](CCC(F)(F)F)[C@H](CCC(F)(F)F)C(N)=O)N=C2c1cccc(F)c1. The van der Waals surface area contributed by atoms with E-state index < -0.39 is 117 Å². The highest BCUT2D eigenvalue weighted by molar-refractivity contribution is 6.20. The number of nitrogens with one attached hydrogen (secondary N) is 3. The first-order valence-corrected chi connectivity index (χ1v) is 20.0. The standard InChI is InChI=1S/C42H57F7N6O6/c1-23(2)31(53-39(59)61-40(6,7)8)21-51-32(24(3)4)38(58)60-22-55-34-25(5)11-9-14-30(34)33(26-12-10-13-28(43)19-26)54-36(37(55)57)52-20-27(15-17-41(44,45)46)29(35(50)56)16-18-42(47,48)49/h9-14,19,23-24,27,29,31-32,36,51-52H,15-18,20-22H2,1-8H3,(H2,50,56)(H,53,59)/t27-,29-,31-,32?,36-/m0/s1. The van der Waals surface area contributed by atoms with Crippen LogP contribution < -0.4 is 26.6 Å². The van der Waals surface area contributed by atoms with Crippen LogP contribution in [0.25, 0.3) is 0 Å². The number of aliphatic imine (C=N–C) groups is 1. The number of hydrogen-bond acceptors (Lipinski definition) is 9. The van der Waals surface area contributed by atoms with Gasteiger partial charge in [0.25, 0.3) is 5.91 Å². The minimum atomic E-state index is -4.74. The molecule has 12 nitrogen and oxygen atoms in total. The summed E-state index contributed by atoms with van der Waals surface area (Å²) in [5.41, 5.74) is 5.95. The Morgan fingerprint density at radius 1 is 0.902 bits per heavy atom. The molecule has 0 saturated heterocycles. The van der Waals surface area contributed by atoms with E-state index in [0.29, 0.717) is 11.1 Å². The highest BCUT2D eigenvalue weighted by atomic mass is 19.4. The molecule has 2 aromatic rings. The maximum Gasteiger partial charge on any atom is 0.407 e.